The predicted octanol–water partition coefficient (Wildman–Crippen LogP) is 1.84. The number of carbonyl (C=O) groups excluding carboxylic acids is 1. The van der Waals surface area contributed by atoms with Crippen molar-refractivity contribution in [1.29, 1.82) is 0 Å². The number of carboxylic acid groups (broad SMARTS) is 1. The third-order valence-electron chi connectivity index (χ3n) is 2.39. The van der Waals surface area contributed by atoms with Gasteiger partial charge in [0.25, 0.3) is 0 Å². The van der Waals surface area contributed by atoms with E-state index in [1.807, 2.05) is 0 Å². The lowest BCUT2D eigenvalue weighted by atomic mass is 9.94. The number of rotatable bonds is 6. The van der Waals surface area contributed by atoms with Gasteiger partial charge in [-0.05, 0) is 24.1 Å². The first-order valence-corrected chi connectivity index (χ1v) is 4.99. The monoisotopic (exact) mass is 222 g/mol. The molecule has 4 heteroatoms. The van der Waals surface area contributed by atoms with Gasteiger partial charge in [-0.25, -0.2) is 0 Å². The summed E-state index contributed by atoms with van der Waals surface area (Å²) >= 11 is 0. The molecule has 0 heterocycles. The first kappa shape index (κ1) is 12.2. The Kier molecular flexibility index (Phi) is 4.51. The van der Waals surface area contributed by atoms with E-state index in [9.17, 15) is 9.59 Å². The molecule has 1 aromatic carbocycles. The molecule has 0 saturated carbocycles. The standard InChI is InChI=1S/C12H14O4/c1-16-10-6-4-9(5-7-10)11(12(14)15)3-2-8-13/h4-8,11H,2-3H2,1H3,(H,14,15). The molecule has 0 radical (unpaired) electrons. The fourth-order valence-corrected chi connectivity index (χ4v) is 1.50. The summed E-state index contributed by atoms with van der Waals surface area (Å²) in [5.41, 5.74) is 0.690. The van der Waals surface area contributed by atoms with E-state index in [4.69, 9.17) is 9.84 Å². The van der Waals surface area contributed by atoms with Gasteiger partial charge >= 0.3 is 5.97 Å². The van der Waals surface area contributed by atoms with Crippen LogP contribution in [0.5, 0.6) is 5.75 Å². The Morgan fingerprint density at radius 3 is 2.50 bits per heavy atom. The van der Waals surface area contributed by atoms with Crippen molar-refractivity contribution in [2.75, 3.05) is 7.11 Å². The van der Waals surface area contributed by atoms with Gasteiger partial charge in [0.15, 0.2) is 0 Å². The average molecular weight is 222 g/mol. The molecule has 0 aliphatic heterocycles. The van der Waals surface area contributed by atoms with Crippen molar-refractivity contribution in [3.63, 3.8) is 0 Å². The maximum absolute atomic E-state index is 11.0. The van der Waals surface area contributed by atoms with Crippen LogP contribution in [0.3, 0.4) is 0 Å². The molecule has 86 valence electrons. The zero-order valence-corrected chi connectivity index (χ0v) is 9.05. The smallest absolute Gasteiger partial charge is 0.310 e. The molecule has 1 atom stereocenters. The number of aliphatic carboxylic acids is 1. The normalized spacial score (nSPS) is 11.8. The Balaban J connectivity index is 2.83. The molecule has 0 amide bonds. The van der Waals surface area contributed by atoms with Crippen LogP contribution in [0.1, 0.15) is 24.3 Å². The minimum atomic E-state index is -0.910. The molecule has 0 aromatic heterocycles. The van der Waals surface area contributed by atoms with Crippen molar-refractivity contribution in [3.8, 4) is 5.75 Å². The van der Waals surface area contributed by atoms with Crippen molar-refractivity contribution in [3.05, 3.63) is 29.8 Å². The highest BCUT2D eigenvalue weighted by molar-refractivity contribution is 5.76. The summed E-state index contributed by atoms with van der Waals surface area (Å²) in [7, 11) is 1.55. The summed E-state index contributed by atoms with van der Waals surface area (Å²) in [5.74, 6) is -0.855. The van der Waals surface area contributed by atoms with Gasteiger partial charge in [0.1, 0.15) is 12.0 Å². The lowest BCUT2D eigenvalue weighted by molar-refractivity contribution is -0.139. The fourth-order valence-electron chi connectivity index (χ4n) is 1.50. The Labute approximate surface area is 93.9 Å². The van der Waals surface area contributed by atoms with Crippen LogP contribution in [0.15, 0.2) is 24.3 Å². The fraction of sp³-hybridized carbons (Fsp3) is 0.333. The number of aldehydes is 1. The Hall–Kier alpha value is -1.84. The quantitative estimate of drug-likeness (QED) is 0.746. The number of hydrogen-bond acceptors (Lipinski definition) is 3. The second-order valence-corrected chi connectivity index (χ2v) is 3.41. The molecule has 1 rings (SSSR count). The SMILES string of the molecule is COc1ccc(C(CCC=O)C(=O)O)cc1. The second kappa shape index (κ2) is 5.90. The van der Waals surface area contributed by atoms with E-state index in [0.717, 1.165) is 6.29 Å². The zero-order valence-electron chi connectivity index (χ0n) is 9.05. The van der Waals surface area contributed by atoms with E-state index in [1.165, 1.54) is 0 Å². The topological polar surface area (TPSA) is 63.6 Å². The molecule has 16 heavy (non-hydrogen) atoms. The average Bonchev–Trinajstić information content (AvgIpc) is 2.30. The highest BCUT2D eigenvalue weighted by Crippen LogP contribution is 2.23. The van der Waals surface area contributed by atoms with Gasteiger partial charge < -0.3 is 14.6 Å². The molecule has 0 aliphatic rings. The minimum absolute atomic E-state index is 0.253. The molecule has 0 bridgehead atoms. The zero-order chi connectivity index (χ0) is 12.0. The minimum Gasteiger partial charge on any atom is -0.497 e. The van der Waals surface area contributed by atoms with Gasteiger partial charge in [0, 0.05) is 6.42 Å². The number of methoxy groups -OCH3 is 1. The van der Waals surface area contributed by atoms with E-state index in [-0.39, 0.29) is 6.42 Å². The Bertz CT molecular complexity index is 356. The van der Waals surface area contributed by atoms with E-state index in [0.29, 0.717) is 17.7 Å². The van der Waals surface area contributed by atoms with Crippen LogP contribution >= 0.6 is 0 Å². The maximum Gasteiger partial charge on any atom is 0.310 e. The van der Waals surface area contributed by atoms with E-state index < -0.39 is 11.9 Å². The molecule has 4 nitrogen and oxygen atoms in total. The van der Waals surface area contributed by atoms with Gasteiger partial charge in [-0.15, -0.1) is 0 Å². The Morgan fingerprint density at radius 1 is 1.44 bits per heavy atom. The highest BCUT2D eigenvalue weighted by atomic mass is 16.5. The van der Waals surface area contributed by atoms with Crippen molar-refractivity contribution >= 4 is 12.3 Å². The number of ether oxygens (including phenoxy) is 1. The third kappa shape index (κ3) is 3.08. The lowest BCUT2D eigenvalue weighted by Crippen LogP contribution is -2.11. The number of carbonyl (C=O) groups is 2. The van der Waals surface area contributed by atoms with Crippen LogP contribution < -0.4 is 4.74 Å². The number of carboxylic acids is 1. The highest BCUT2D eigenvalue weighted by Gasteiger charge is 2.18. The van der Waals surface area contributed by atoms with E-state index >= 15 is 0 Å². The summed E-state index contributed by atoms with van der Waals surface area (Å²) < 4.78 is 4.99. The first-order valence-electron chi connectivity index (χ1n) is 4.99. The second-order valence-electron chi connectivity index (χ2n) is 3.41. The van der Waals surface area contributed by atoms with Gasteiger partial charge in [-0.3, -0.25) is 4.79 Å². The maximum atomic E-state index is 11.0. The van der Waals surface area contributed by atoms with Crippen LogP contribution in [0, 0.1) is 0 Å². The Morgan fingerprint density at radius 2 is 2.06 bits per heavy atom. The van der Waals surface area contributed by atoms with Crippen LogP contribution in [0.25, 0.3) is 0 Å². The lowest BCUT2D eigenvalue weighted by Gasteiger charge is -2.11. The molecule has 0 saturated heterocycles. The number of benzene rings is 1. The summed E-state index contributed by atoms with van der Waals surface area (Å²) in [6, 6.07) is 6.85. The molecule has 1 N–H and O–H groups in total. The van der Waals surface area contributed by atoms with E-state index in [1.54, 1.807) is 31.4 Å². The van der Waals surface area contributed by atoms with Crippen LogP contribution in [-0.2, 0) is 9.59 Å². The molecule has 1 aromatic rings. The van der Waals surface area contributed by atoms with Gasteiger partial charge in [0.2, 0.25) is 0 Å². The van der Waals surface area contributed by atoms with Crippen molar-refractivity contribution in [2.45, 2.75) is 18.8 Å². The van der Waals surface area contributed by atoms with E-state index in [2.05, 4.69) is 0 Å². The number of hydrogen-bond donors (Lipinski definition) is 1. The molecular formula is C12H14O4. The van der Waals surface area contributed by atoms with Gasteiger partial charge in [-0.1, -0.05) is 12.1 Å². The third-order valence-corrected chi connectivity index (χ3v) is 2.39. The molecule has 0 aliphatic carbocycles. The first-order chi connectivity index (χ1) is 7.69. The molecule has 1 unspecified atom stereocenters. The van der Waals surface area contributed by atoms with Gasteiger partial charge in [0.05, 0.1) is 13.0 Å². The summed E-state index contributed by atoms with van der Waals surface area (Å²) in [5, 5.41) is 9.03. The molecular weight excluding hydrogens is 208 g/mol. The van der Waals surface area contributed by atoms with Crippen molar-refractivity contribution in [2.24, 2.45) is 0 Å². The van der Waals surface area contributed by atoms with Crippen LogP contribution in [-0.4, -0.2) is 24.5 Å². The molecule has 0 spiro atoms. The van der Waals surface area contributed by atoms with Crippen molar-refractivity contribution < 1.29 is 19.4 Å². The van der Waals surface area contributed by atoms with Crippen LogP contribution in [0.2, 0.25) is 0 Å². The summed E-state index contributed by atoms with van der Waals surface area (Å²) in [6.07, 6.45) is 1.31. The largest absolute Gasteiger partial charge is 0.497 e. The predicted molar refractivity (Wildman–Crippen MR) is 58.7 cm³/mol. The summed E-state index contributed by atoms with van der Waals surface area (Å²) in [6.45, 7) is 0. The van der Waals surface area contributed by atoms with Crippen LogP contribution in [0.4, 0.5) is 0 Å². The molecule has 0 fully saturated rings. The van der Waals surface area contributed by atoms with Gasteiger partial charge in [-0.2, -0.15) is 0 Å². The van der Waals surface area contributed by atoms with Crippen molar-refractivity contribution in [1.82, 2.24) is 0 Å². The summed E-state index contributed by atoms with van der Waals surface area (Å²) in [4.78, 5) is 21.3.